The van der Waals surface area contributed by atoms with E-state index in [9.17, 15) is 0 Å². The van der Waals surface area contributed by atoms with Crippen LogP contribution in [0.15, 0.2) is 12.3 Å². The monoisotopic (exact) mass is 289 g/mol. The van der Waals surface area contributed by atoms with E-state index >= 15 is 0 Å². The molecule has 3 rings (SSSR count). The van der Waals surface area contributed by atoms with Gasteiger partial charge in [-0.3, -0.25) is 9.80 Å². The number of nitrogens with zero attached hydrogens (tertiary/aromatic N) is 3. The third kappa shape index (κ3) is 2.79. The lowest BCUT2D eigenvalue weighted by Gasteiger charge is -2.59. The molecular formula is C17H27N3O. The summed E-state index contributed by atoms with van der Waals surface area (Å²) in [6.07, 6.45) is 3.33. The second-order valence-corrected chi connectivity index (χ2v) is 7.44. The molecule has 0 aromatic carbocycles. The van der Waals surface area contributed by atoms with Gasteiger partial charge in [-0.15, -0.1) is 0 Å². The molecule has 4 heteroatoms. The van der Waals surface area contributed by atoms with Crippen molar-refractivity contribution in [3.63, 3.8) is 0 Å². The zero-order chi connectivity index (χ0) is 15.2. The number of aryl methyl sites for hydroxylation is 1. The summed E-state index contributed by atoms with van der Waals surface area (Å²) < 4.78 is 5.19. The van der Waals surface area contributed by atoms with Crippen molar-refractivity contribution in [2.75, 3.05) is 20.2 Å². The van der Waals surface area contributed by atoms with Gasteiger partial charge in [-0.1, -0.05) is 0 Å². The summed E-state index contributed by atoms with van der Waals surface area (Å²) in [4.78, 5) is 9.64. The number of piperazine rings is 1. The quantitative estimate of drug-likeness (QED) is 0.854. The minimum Gasteiger partial charge on any atom is -0.481 e. The molecule has 0 aliphatic carbocycles. The SMILES string of the molecule is COc1cc(C)c(CN2C3CC2CN(C(C)(C)C)C3)cn1. The summed E-state index contributed by atoms with van der Waals surface area (Å²) in [5.74, 6) is 0.707. The first-order chi connectivity index (χ1) is 9.88. The van der Waals surface area contributed by atoms with Gasteiger partial charge in [0.2, 0.25) is 5.88 Å². The molecule has 2 bridgehead atoms. The largest absolute Gasteiger partial charge is 0.481 e. The van der Waals surface area contributed by atoms with E-state index in [1.54, 1.807) is 7.11 Å². The Kier molecular flexibility index (Phi) is 3.70. The molecule has 0 radical (unpaired) electrons. The summed E-state index contributed by atoms with van der Waals surface area (Å²) >= 11 is 0. The van der Waals surface area contributed by atoms with Crippen LogP contribution in [0.1, 0.15) is 38.3 Å². The molecule has 2 unspecified atom stereocenters. The van der Waals surface area contributed by atoms with Crippen LogP contribution in [0, 0.1) is 6.92 Å². The first-order valence-corrected chi connectivity index (χ1v) is 7.89. The number of likely N-dealkylation sites (tertiary alicyclic amines) is 2. The number of methoxy groups -OCH3 is 1. The van der Waals surface area contributed by atoms with Crippen molar-refractivity contribution in [2.45, 2.75) is 58.3 Å². The summed E-state index contributed by atoms with van der Waals surface area (Å²) in [7, 11) is 1.67. The molecule has 2 fully saturated rings. The van der Waals surface area contributed by atoms with Gasteiger partial charge in [0.25, 0.3) is 0 Å². The number of rotatable bonds is 3. The van der Waals surface area contributed by atoms with Gasteiger partial charge in [0, 0.05) is 49.5 Å². The Labute approximate surface area is 128 Å². The fourth-order valence-electron chi connectivity index (χ4n) is 3.53. The molecule has 116 valence electrons. The predicted octanol–water partition coefficient (Wildman–Crippen LogP) is 2.46. The normalized spacial score (nSPS) is 26.5. The van der Waals surface area contributed by atoms with Crippen LogP contribution in [0.5, 0.6) is 5.88 Å². The zero-order valence-corrected chi connectivity index (χ0v) is 13.9. The Morgan fingerprint density at radius 3 is 2.48 bits per heavy atom. The van der Waals surface area contributed by atoms with E-state index < -0.39 is 0 Å². The second-order valence-electron chi connectivity index (χ2n) is 7.44. The molecule has 2 aliphatic heterocycles. The van der Waals surface area contributed by atoms with E-state index in [1.807, 2.05) is 12.3 Å². The Hall–Kier alpha value is -1.13. The molecule has 21 heavy (non-hydrogen) atoms. The molecule has 4 nitrogen and oxygen atoms in total. The van der Waals surface area contributed by atoms with Crippen LogP contribution in [0.25, 0.3) is 0 Å². The number of fused-ring (bicyclic) bond motifs is 2. The van der Waals surface area contributed by atoms with Crippen LogP contribution in [-0.4, -0.2) is 52.6 Å². The second kappa shape index (κ2) is 5.25. The molecule has 0 spiro atoms. The van der Waals surface area contributed by atoms with Gasteiger partial charge in [0.05, 0.1) is 7.11 Å². The summed E-state index contributed by atoms with van der Waals surface area (Å²) in [6, 6.07) is 3.46. The highest BCUT2D eigenvalue weighted by atomic mass is 16.5. The highest BCUT2D eigenvalue weighted by molar-refractivity contribution is 5.28. The molecule has 0 N–H and O–H groups in total. The standard InChI is InChI=1S/C17H27N3O/c1-12-6-16(21-5)18-8-13(12)9-20-14-7-15(20)11-19(10-14)17(2,3)4/h6,8,14-15H,7,9-11H2,1-5H3. The van der Waals surface area contributed by atoms with Crippen LogP contribution in [-0.2, 0) is 6.54 Å². The number of aromatic nitrogens is 1. The van der Waals surface area contributed by atoms with Crippen molar-refractivity contribution in [3.8, 4) is 5.88 Å². The van der Waals surface area contributed by atoms with Gasteiger partial charge >= 0.3 is 0 Å². The Morgan fingerprint density at radius 2 is 1.95 bits per heavy atom. The molecule has 0 amide bonds. The van der Waals surface area contributed by atoms with Crippen LogP contribution < -0.4 is 4.74 Å². The average molecular weight is 289 g/mol. The van der Waals surface area contributed by atoms with E-state index in [4.69, 9.17) is 4.74 Å². The van der Waals surface area contributed by atoms with E-state index in [0.717, 1.165) is 6.54 Å². The van der Waals surface area contributed by atoms with Crippen molar-refractivity contribution in [3.05, 3.63) is 23.4 Å². The van der Waals surface area contributed by atoms with Crippen molar-refractivity contribution >= 4 is 0 Å². The van der Waals surface area contributed by atoms with Crippen LogP contribution in [0.2, 0.25) is 0 Å². The Bertz CT molecular complexity index is 511. The van der Waals surface area contributed by atoms with Crippen LogP contribution >= 0.6 is 0 Å². The van der Waals surface area contributed by atoms with Gasteiger partial charge < -0.3 is 4.74 Å². The molecule has 0 saturated carbocycles. The highest BCUT2D eigenvalue weighted by Gasteiger charge is 2.46. The summed E-state index contributed by atoms with van der Waals surface area (Å²) in [5, 5.41) is 0. The number of hydrogen-bond acceptors (Lipinski definition) is 4. The van der Waals surface area contributed by atoms with E-state index in [1.165, 1.54) is 30.6 Å². The minimum atomic E-state index is 0.292. The van der Waals surface area contributed by atoms with Crippen molar-refractivity contribution in [1.29, 1.82) is 0 Å². The number of hydrogen-bond donors (Lipinski definition) is 0. The first kappa shape index (κ1) is 14.8. The minimum absolute atomic E-state index is 0.292. The van der Waals surface area contributed by atoms with Gasteiger partial charge in [-0.2, -0.15) is 0 Å². The molecular weight excluding hydrogens is 262 g/mol. The molecule has 1 aromatic heterocycles. The lowest BCUT2D eigenvalue weighted by Crippen LogP contribution is -2.70. The maximum absolute atomic E-state index is 5.19. The Morgan fingerprint density at radius 1 is 1.29 bits per heavy atom. The highest BCUT2D eigenvalue weighted by Crippen LogP contribution is 2.36. The zero-order valence-electron chi connectivity index (χ0n) is 13.9. The molecule has 2 atom stereocenters. The van der Waals surface area contributed by atoms with Crippen molar-refractivity contribution in [1.82, 2.24) is 14.8 Å². The fourth-order valence-corrected chi connectivity index (χ4v) is 3.53. The average Bonchev–Trinajstić information content (AvgIpc) is 2.44. The maximum Gasteiger partial charge on any atom is 0.213 e. The smallest absolute Gasteiger partial charge is 0.213 e. The van der Waals surface area contributed by atoms with Crippen LogP contribution in [0.4, 0.5) is 0 Å². The third-order valence-electron chi connectivity index (χ3n) is 5.05. The number of pyridine rings is 1. The van der Waals surface area contributed by atoms with Gasteiger partial charge in [-0.05, 0) is 45.2 Å². The molecule has 3 heterocycles. The van der Waals surface area contributed by atoms with E-state index in [0.29, 0.717) is 23.5 Å². The fraction of sp³-hybridized carbons (Fsp3) is 0.706. The number of ether oxygens (including phenoxy) is 1. The summed E-state index contributed by atoms with van der Waals surface area (Å²) in [5.41, 5.74) is 2.90. The van der Waals surface area contributed by atoms with Crippen molar-refractivity contribution < 1.29 is 4.74 Å². The third-order valence-corrected chi connectivity index (χ3v) is 5.05. The Balaban J connectivity index is 1.66. The van der Waals surface area contributed by atoms with Crippen LogP contribution in [0.3, 0.4) is 0 Å². The van der Waals surface area contributed by atoms with Gasteiger partial charge in [0.15, 0.2) is 0 Å². The predicted molar refractivity (Wildman–Crippen MR) is 84.6 cm³/mol. The molecule has 1 aromatic rings. The maximum atomic E-state index is 5.19. The lowest BCUT2D eigenvalue weighted by atomic mass is 9.84. The first-order valence-electron chi connectivity index (χ1n) is 7.89. The number of piperidine rings is 1. The molecule has 2 aliphatic rings. The molecule has 2 saturated heterocycles. The summed E-state index contributed by atoms with van der Waals surface area (Å²) in [6.45, 7) is 12.5. The van der Waals surface area contributed by atoms with Gasteiger partial charge in [-0.25, -0.2) is 4.98 Å². The van der Waals surface area contributed by atoms with Gasteiger partial charge in [0.1, 0.15) is 0 Å². The lowest BCUT2D eigenvalue weighted by molar-refractivity contribution is -0.0998. The topological polar surface area (TPSA) is 28.6 Å². The van der Waals surface area contributed by atoms with Crippen molar-refractivity contribution in [2.24, 2.45) is 0 Å². The van der Waals surface area contributed by atoms with E-state index in [2.05, 4.69) is 42.5 Å². The van der Waals surface area contributed by atoms with E-state index in [-0.39, 0.29) is 0 Å².